The summed E-state index contributed by atoms with van der Waals surface area (Å²) in [7, 11) is 0. The van der Waals surface area contributed by atoms with Gasteiger partial charge in [-0.15, -0.1) is 0 Å². The van der Waals surface area contributed by atoms with Crippen LogP contribution in [0.4, 0.5) is 0 Å². The van der Waals surface area contributed by atoms with Gasteiger partial charge in [0.15, 0.2) is 0 Å². The topological polar surface area (TPSA) is 39.1 Å². The van der Waals surface area contributed by atoms with E-state index < -0.39 is 0 Å². The van der Waals surface area contributed by atoms with Gasteiger partial charge < -0.3 is 14.6 Å². The molecule has 4 nitrogen and oxygen atoms in total. The van der Waals surface area contributed by atoms with E-state index in [0.717, 1.165) is 51.5 Å². The van der Waals surface area contributed by atoms with Gasteiger partial charge in [0.2, 0.25) is 0 Å². The van der Waals surface area contributed by atoms with Crippen molar-refractivity contribution < 1.29 is 4.74 Å². The highest BCUT2D eigenvalue weighted by Crippen LogP contribution is 2.00. The molecule has 4 heteroatoms. The molecule has 0 amide bonds. The Morgan fingerprint density at radius 2 is 2.22 bits per heavy atom. The Morgan fingerprint density at radius 1 is 1.39 bits per heavy atom. The monoisotopic (exact) mass is 253 g/mol. The molecule has 1 rings (SSSR count). The maximum Gasteiger partial charge on any atom is 0.122 e. The number of nitrogens with zero attached hydrogens (tertiary/aromatic N) is 2. The summed E-state index contributed by atoms with van der Waals surface area (Å²) in [6.07, 6.45) is 6.17. The van der Waals surface area contributed by atoms with Gasteiger partial charge in [-0.25, -0.2) is 4.98 Å². The van der Waals surface area contributed by atoms with Crippen LogP contribution in [0.25, 0.3) is 0 Å². The summed E-state index contributed by atoms with van der Waals surface area (Å²) in [5.74, 6) is 1.81. The first-order chi connectivity index (χ1) is 8.74. The van der Waals surface area contributed by atoms with E-state index in [9.17, 15) is 0 Å². The van der Waals surface area contributed by atoms with Crippen LogP contribution in [-0.4, -0.2) is 29.3 Å². The van der Waals surface area contributed by atoms with Gasteiger partial charge in [0.05, 0.1) is 13.2 Å². The highest BCUT2D eigenvalue weighted by atomic mass is 16.5. The van der Waals surface area contributed by atoms with Gasteiger partial charge >= 0.3 is 0 Å². The van der Waals surface area contributed by atoms with Crippen LogP contribution in [-0.2, 0) is 17.8 Å². The van der Waals surface area contributed by atoms with Crippen molar-refractivity contribution in [3.63, 3.8) is 0 Å². The van der Waals surface area contributed by atoms with Crippen molar-refractivity contribution >= 4 is 0 Å². The number of ether oxygens (including phenoxy) is 1. The molecule has 0 aliphatic heterocycles. The van der Waals surface area contributed by atoms with Crippen molar-refractivity contribution in [1.29, 1.82) is 0 Å². The second-order valence-electron chi connectivity index (χ2n) is 5.01. The Kier molecular flexibility index (Phi) is 7.69. The fraction of sp³-hybridized carbons (Fsp3) is 0.786. The Labute approximate surface area is 111 Å². The van der Waals surface area contributed by atoms with Crippen molar-refractivity contribution in [2.24, 2.45) is 5.92 Å². The first-order valence-electron chi connectivity index (χ1n) is 7.02. The van der Waals surface area contributed by atoms with Crippen LogP contribution in [0, 0.1) is 5.92 Å². The quantitative estimate of drug-likeness (QED) is 0.651. The van der Waals surface area contributed by atoms with Crippen molar-refractivity contribution in [2.45, 2.75) is 46.7 Å². The second-order valence-corrected chi connectivity index (χ2v) is 5.01. The molecule has 0 spiro atoms. The van der Waals surface area contributed by atoms with Crippen LogP contribution in [0.2, 0.25) is 0 Å². The summed E-state index contributed by atoms with van der Waals surface area (Å²) >= 11 is 0. The molecule has 0 aromatic carbocycles. The predicted octanol–water partition coefficient (Wildman–Crippen LogP) is 2.45. The number of hydrogen-bond donors (Lipinski definition) is 1. The molecule has 0 aliphatic rings. The van der Waals surface area contributed by atoms with Crippen LogP contribution in [0.1, 0.15) is 39.4 Å². The number of rotatable bonds is 10. The minimum atomic E-state index is 0.715. The molecule has 1 heterocycles. The predicted molar refractivity (Wildman–Crippen MR) is 74.5 cm³/mol. The SMILES string of the molecule is CCCNCc1nccn1CCOCCC(C)C. The summed E-state index contributed by atoms with van der Waals surface area (Å²) in [5.41, 5.74) is 0. The van der Waals surface area contributed by atoms with Gasteiger partial charge in [0.1, 0.15) is 5.82 Å². The lowest BCUT2D eigenvalue weighted by atomic mass is 10.1. The molecule has 1 N–H and O–H groups in total. The van der Waals surface area contributed by atoms with Crippen molar-refractivity contribution in [1.82, 2.24) is 14.9 Å². The van der Waals surface area contributed by atoms with Gasteiger partial charge in [-0.05, 0) is 25.3 Å². The Morgan fingerprint density at radius 3 is 2.94 bits per heavy atom. The molecule has 0 saturated carbocycles. The summed E-state index contributed by atoms with van der Waals surface area (Å²) < 4.78 is 7.79. The van der Waals surface area contributed by atoms with E-state index >= 15 is 0 Å². The lowest BCUT2D eigenvalue weighted by molar-refractivity contribution is 0.115. The summed E-state index contributed by atoms with van der Waals surface area (Å²) in [6.45, 7) is 11.0. The van der Waals surface area contributed by atoms with E-state index in [4.69, 9.17) is 4.74 Å². The molecule has 0 saturated heterocycles. The highest BCUT2D eigenvalue weighted by Gasteiger charge is 2.02. The Bertz CT molecular complexity index is 310. The lowest BCUT2D eigenvalue weighted by Crippen LogP contribution is -2.18. The largest absolute Gasteiger partial charge is 0.380 e. The molecular weight excluding hydrogens is 226 g/mol. The Balaban J connectivity index is 2.19. The molecule has 1 aromatic heterocycles. The number of aromatic nitrogens is 2. The van der Waals surface area contributed by atoms with Crippen LogP contribution in [0.5, 0.6) is 0 Å². The fourth-order valence-electron chi connectivity index (χ4n) is 1.67. The minimum absolute atomic E-state index is 0.715. The smallest absolute Gasteiger partial charge is 0.122 e. The average Bonchev–Trinajstić information content (AvgIpc) is 2.76. The van der Waals surface area contributed by atoms with E-state index in [-0.39, 0.29) is 0 Å². The van der Waals surface area contributed by atoms with Crippen LogP contribution < -0.4 is 5.32 Å². The van der Waals surface area contributed by atoms with Crippen LogP contribution in [0.15, 0.2) is 12.4 Å². The fourth-order valence-corrected chi connectivity index (χ4v) is 1.67. The minimum Gasteiger partial charge on any atom is -0.380 e. The van der Waals surface area contributed by atoms with E-state index in [1.54, 1.807) is 0 Å². The zero-order valence-electron chi connectivity index (χ0n) is 12.0. The van der Waals surface area contributed by atoms with Gasteiger partial charge in [0, 0.05) is 25.5 Å². The van der Waals surface area contributed by atoms with E-state index in [2.05, 4.69) is 35.6 Å². The lowest BCUT2D eigenvalue weighted by Gasteiger charge is -2.10. The third-order valence-corrected chi connectivity index (χ3v) is 2.83. The van der Waals surface area contributed by atoms with E-state index in [1.807, 2.05) is 12.4 Å². The van der Waals surface area contributed by atoms with Gasteiger partial charge in [0.25, 0.3) is 0 Å². The maximum absolute atomic E-state index is 5.63. The average molecular weight is 253 g/mol. The van der Waals surface area contributed by atoms with Crippen LogP contribution >= 0.6 is 0 Å². The zero-order chi connectivity index (χ0) is 13.2. The van der Waals surface area contributed by atoms with E-state index in [1.165, 1.54) is 0 Å². The number of nitrogens with one attached hydrogen (secondary N) is 1. The second kappa shape index (κ2) is 9.11. The van der Waals surface area contributed by atoms with Gasteiger partial charge in [-0.2, -0.15) is 0 Å². The molecule has 104 valence electrons. The standard InChI is InChI=1S/C14H27N3O/c1-4-6-15-12-14-16-7-8-17(14)9-11-18-10-5-13(2)3/h7-8,13,15H,4-6,9-12H2,1-3H3. The van der Waals surface area contributed by atoms with Crippen molar-refractivity contribution in [3.05, 3.63) is 18.2 Å². The van der Waals surface area contributed by atoms with Crippen molar-refractivity contribution in [2.75, 3.05) is 19.8 Å². The molecule has 18 heavy (non-hydrogen) atoms. The normalized spacial score (nSPS) is 11.3. The molecular formula is C14H27N3O. The van der Waals surface area contributed by atoms with Crippen LogP contribution in [0.3, 0.4) is 0 Å². The molecule has 1 aromatic rings. The van der Waals surface area contributed by atoms with Gasteiger partial charge in [-0.1, -0.05) is 20.8 Å². The molecule has 0 aliphatic carbocycles. The summed E-state index contributed by atoms with van der Waals surface area (Å²) in [4.78, 5) is 4.36. The Hall–Kier alpha value is -0.870. The summed E-state index contributed by atoms with van der Waals surface area (Å²) in [6, 6.07) is 0. The third-order valence-electron chi connectivity index (χ3n) is 2.83. The molecule has 0 fully saturated rings. The zero-order valence-corrected chi connectivity index (χ0v) is 12.0. The summed E-state index contributed by atoms with van der Waals surface area (Å²) in [5, 5.41) is 3.37. The number of imidazole rings is 1. The maximum atomic E-state index is 5.63. The first kappa shape index (κ1) is 15.2. The molecule has 0 radical (unpaired) electrons. The van der Waals surface area contributed by atoms with Gasteiger partial charge in [-0.3, -0.25) is 0 Å². The highest BCUT2D eigenvalue weighted by molar-refractivity contribution is 4.91. The molecule has 0 bridgehead atoms. The van der Waals surface area contributed by atoms with E-state index in [0.29, 0.717) is 5.92 Å². The molecule has 0 unspecified atom stereocenters. The first-order valence-corrected chi connectivity index (χ1v) is 7.02. The van der Waals surface area contributed by atoms with Crippen molar-refractivity contribution in [3.8, 4) is 0 Å². The third kappa shape index (κ3) is 6.17. The molecule has 0 atom stereocenters. The number of hydrogen-bond acceptors (Lipinski definition) is 3.